The zero-order chi connectivity index (χ0) is 16.5. The molecule has 5 rings (SSSR count). The van der Waals surface area contributed by atoms with Crippen LogP contribution in [0.25, 0.3) is 11.1 Å². The van der Waals surface area contributed by atoms with Gasteiger partial charge in [0.05, 0.1) is 0 Å². The molecular formula is C23H19Cl. The largest absolute Gasteiger partial charge is 0.0843 e. The van der Waals surface area contributed by atoms with Crippen molar-refractivity contribution in [2.75, 3.05) is 0 Å². The maximum Gasteiger partial charge on any atom is 0.0475 e. The first-order valence-electron chi connectivity index (χ1n) is 8.54. The van der Waals surface area contributed by atoms with Crippen LogP contribution in [-0.4, -0.2) is 0 Å². The van der Waals surface area contributed by atoms with Crippen molar-refractivity contribution in [3.8, 4) is 11.1 Å². The van der Waals surface area contributed by atoms with Crippen LogP contribution in [0.5, 0.6) is 0 Å². The van der Waals surface area contributed by atoms with Crippen molar-refractivity contribution >= 4 is 11.6 Å². The van der Waals surface area contributed by atoms with Crippen molar-refractivity contribution in [3.63, 3.8) is 0 Å². The molecule has 0 fully saturated rings. The summed E-state index contributed by atoms with van der Waals surface area (Å²) in [7, 11) is 0. The molecule has 1 heteroatoms. The van der Waals surface area contributed by atoms with Crippen LogP contribution < -0.4 is 0 Å². The van der Waals surface area contributed by atoms with Gasteiger partial charge in [-0.3, -0.25) is 0 Å². The summed E-state index contributed by atoms with van der Waals surface area (Å²) in [6.07, 6.45) is 1.09. The lowest BCUT2D eigenvalue weighted by atomic mass is 9.71. The molecule has 0 aliphatic heterocycles. The smallest absolute Gasteiger partial charge is 0.0475 e. The fraction of sp³-hybridized carbons (Fsp3) is 0.217. The first-order valence-corrected chi connectivity index (χ1v) is 8.92. The van der Waals surface area contributed by atoms with E-state index in [1.165, 1.54) is 33.4 Å². The third kappa shape index (κ3) is 1.60. The number of hydrogen-bond acceptors (Lipinski definition) is 0. The summed E-state index contributed by atoms with van der Waals surface area (Å²) in [5.74, 6) is 0. The molecule has 1 atom stereocenters. The van der Waals surface area contributed by atoms with Crippen LogP contribution in [-0.2, 0) is 10.8 Å². The standard InChI is InChI=1S/C23H19Cl/c1-22(2)14-23(20-10-6-5-9-19(20)22)18-8-4-3-7-16(18)17-12-11-15(24)13-21(17)23/h3-13H,14H2,1-2H3. The highest BCUT2D eigenvalue weighted by atomic mass is 35.5. The monoisotopic (exact) mass is 330 g/mol. The molecule has 3 aromatic carbocycles. The third-order valence-corrected chi connectivity index (χ3v) is 6.18. The van der Waals surface area contributed by atoms with Gasteiger partial charge in [-0.05, 0) is 57.3 Å². The maximum atomic E-state index is 6.43. The minimum Gasteiger partial charge on any atom is -0.0843 e. The van der Waals surface area contributed by atoms with Crippen LogP contribution >= 0.6 is 11.6 Å². The fourth-order valence-electron chi connectivity index (χ4n) is 5.12. The highest BCUT2D eigenvalue weighted by Crippen LogP contribution is 2.62. The van der Waals surface area contributed by atoms with Crippen LogP contribution in [0.15, 0.2) is 66.7 Å². The molecule has 0 amide bonds. The van der Waals surface area contributed by atoms with Gasteiger partial charge in [-0.25, -0.2) is 0 Å². The summed E-state index contributed by atoms with van der Waals surface area (Å²) in [5, 5.41) is 0.822. The molecule has 0 nitrogen and oxygen atoms in total. The van der Waals surface area contributed by atoms with Gasteiger partial charge in [-0.2, -0.15) is 0 Å². The van der Waals surface area contributed by atoms with Gasteiger partial charge in [-0.15, -0.1) is 0 Å². The van der Waals surface area contributed by atoms with E-state index < -0.39 is 0 Å². The predicted octanol–water partition coefficient (Wildman–Crippen LogP) is 6.34. The topological polar surface area (TPSA) is 0 Å². The SMILES string of the molecule is CC1(C)CC2(c3ccccc3-c3ccc(Cl)cc32)c2ccccc21. The molecular weight excluding hydrogens is 312 g/mol. The summed E-state index contributed by atoms with van der Waals surface area (Å²) in [6, 6.07) is 24.2. The molecule has 0 saturated carbocycles. The first kappa shape index (κ1) is 14.3. The Morgan fingerprint density at radius 1 is 0.708 bits per heavy atom. The lowest BCUT2D eigenvalue weighted by Gasteiger charge is -2.30. The minimum absolute atomic E-state index is 0.0725. The lowest BCUT2D eigenvalue weighted by Crippen LogP contribution is -2.26. The Morgan fingerprint density at radius 3 is 2.12 bits per heavy atom. The second-order valence-electron chi connectivity index (χ2n) is 7.75. The number of benzene rings is 3. The van der Waals surface area contributed by atoms with E-state index in [1.54, 1.807) is 0 Å². The molecule has 0 heterocycles. The van der Waals surface area contributed by atoms with Gasteiger partial charge in [0.25, 0.3) is 0 Å². The summed E-state index contributed by atoms with van der Waals surface area (Å²) in [6.45, 7) is 4.73. The number of fused-ring (bicyclic) bond motifs is 7. The quantitative estimate of drug-likeness (QED) is 0.451. The number of rotatable bonds is 0. The third-order valence-electron chi connectivity index (χ3n) is 5.94. The van der Waals surface area contributed by atoms with Crippen LogP contribution in [0, 0.1) is 0 Å². The molecule has 24 heavy (non-hydrogen) atoms. The second kappa shape index (κ2) is 4.52. The van der Waals surface area contributed by atoms with Gasteiger partial charge < -0.3 is 0 Å². The zero-order valence-electron chi connectivity index (χ0n) is 13.9. The zero-order valence-corrected chi connectivity index (χ0v) is 14.7. The van der Waals surface area contributed by atoms with Gasteiger partial charge in [0.2, 0.25) is 0 Å². The van der Waals surface area contributed by atoms with E-state index in [-0.39, 0.29) is 10.8 Å². The van der Waals surface area contributed by atoms with Crippen LogP contribution in [0.4, 0.5) is 0 Å². The average Bonchev–Trinajstić information content (AvgIpc) is 2.99. The van der Waals surface area contributed by atoms with E-state index in [0.717, 1.165) is 11.4 Å². The molecule has 1 spiro atoms. The van der Waals surface area contributed by atoms with Gasteiger partial charge in [0.1, 0.15) is 0 Å². The minimum atomic E-state index is -0.0725. The molecule has 0 bridgehead atoms. The summed E-state index contributed by atoms with van der Waals surface area (Å²) < 4.78 is 0. The summed E-state index contributed by atoms with van der Waals surface area (Å²) >= 11 is 6.43. The van der Waals surface area contributed by atoms with E-state index in [0.29, 0.717) is 0 Å². The van der Waals surface area contributed by atoms with E-state index >= 15 is 0 Å². The van der Waals surface area contributed by atoms with E-state index in [9.17, 15) is 0 Å². The molecule has 1 unspecified atom stereocenters. The van der Waals surface area contributed by atoms with Gasteiger partial charge in [0.15, 0.2) is 0 Å². The van der Waals surface area contributed by atoms with Crippen LogP contribution in [0.3, 0.4) is 0 Å². The molecule has 0 radical (unpaired) electrons. The Kier molecular flexibility index (Phi) is 2.69. The normalized spacial score (nSPS) is 22.3. The Balaban J connectivity index is 1.95. The van der Waals surface area contributed by atoms with Gasteiger partial charge in [0, 0.05) is 10.4 Å². The number of halogens is 1. The van der Waals surface area contributed by atoms with E-state index in [1.807, 2.05) is 6.07 Å². The van der Waals surface area contributed by atoms with Crippen molar-refractivity contribution in [3.05, 3.63) is 94.0 Å². The second-order valence-corrected chi connectivity index (χ2v) is 8.18. The highest BCUT2D eigenvalue weighted by molar-refractivity contribution is 6.30. The Bertz CT molecular complexity index is 983. The molecule has 2 aliphatic rings. The summed E-state index contributed by atoms with van der Waals surface area (Å²) in [4.78, 5) is 0. The Hall–Kier alpha value is -2.05. The predicted molar refractivity (Wildman–Crippen MR) is 101 cm³/mol. The van der Waals surface area contributed by atoms with Gasteiger partial charge in [-0.1, -0.05) is 80.0 Å². The maximum absolute atomic E-state index is 6.43. The van der Waals surface area contributed by atoms with E-state index in [2.05, 4.69) is 74.5 Å². The molecule has 0 N–H and O–H groups in total. The fourth-order valence-corrected chi connectivity index (χ4v) is 5.29. The average molecular weight is 331 g/mol. The molecule has 3 aromatic rings. The summed E-state index contributed by atoms with van der Waals surface area (Å²) in [5.41, 5.74) is 8.48. The van der Waals surface area contributed by atoms with Crippen molar-refractivity contribution in [2.24, 2.45) is 0 Å². The van der Waals surface area contributed by atoms with E-state index in [4.69, 9.17) is 11.6 Å². The van der Waals surface area contributed by atoms with Crippen LogP contribution in [0.2, 0.25) is 5.02 Å². The highest BCUT2D eigenvalue weighted by Gasteiger charge is 2.53. The van der Waals surface area contributed by atoms with Gasteiger partial charge >= 0.3 is 0 Å². The Morgan fingerprint density at radius 2 is 1.33 bits per heavy atom. The van der Waals surface area contributed by atoms with Crippen molar-refractivity contribution in [1.29, 1.82) is 0 Å². The molecule has 2 aliphatic carbocycles. The molecule has 0 aromatic heterocycles. The first-order chi connectivity index (χ1) is 11.5. The van der Waals surface area contributed by atoms with Crippen molar-refractivity contribution in [2.45, 2.75) is 31.1 Å². The Labute approximate surface area is 148 Å². The van der Waals surface area contributed by atoms with Crippen molar-refractivity contribution < 1.29 is 0 Å². The van der Waals surface area contributed by atoms with Crippen LogP contribution in [0.1, 0.15) is 42.5 Å². The van der Waals surface area contributed by atoms with Crippen molar-refractivity contribution in [1.82, 2.24) is 0 Å². The number of hydrogen-bond donors (Lipinski definition) is 0. The molecule has 118 valence electrons. The lowest BCUT2D eigenvalue weighted by molar-refractivity contribution is 0.449. The molecule has 0 saturated heterocycles.